The molecule has 1 aromatic carbocycles. The maximum absolute atomic E-state index is 11.9. The van der Waals surface area contributed by atoms with E-state index in [0.29, 0.717) is 5.56 Å². The topological polar surface area (TPSA) is 63.2 Å². The number of ether oxygens (including phenoxy) is 1. The van der Waals surface area contributed by atoms with E-state index in [2.05, 4.69) is 15.8 Å². The van der Waals surface area contributed by atoms with E-state index in [0.717, 1.165) is 5.69 Å². The van der Waals surface area contributed by atoms with Gasteiger partial charge in [-0.2, -0.15) is 0 Å². The molecular formula is C13H12ClN3O2. The lowest BCUT2D eigenvalue weighted by atomic mass is 10.2. The van der Waals surface area contributed by atoms with Gasteiger partial charge < -0.3 is 4.74 Å². The quantitative estimate of drug-likeness (QED) is 0.666. The number of nitrogens with one attached hydrogen (secondary N) is 2. The number of carbonyl (C=O) groups is 1. The number of pyridine rings is 1. The third-order valence-electron chi connectivity index (χ3n) is 2.34. The number of aromatic nitrogens is 1. The Morgan fingerprint density at radius 3 is 2.68 bits per heavy atom. The molecule has 0 unspecified atom stereocenters. The Balaban J connectivity index is 2.06. The number of hydrogen-bond donors (Lipinski definition) is 2. The van der Waals surface area contributed by atoms with Crippen LogP contribution in [0.4, 0.5) is 5.69 Å². The molecule has 0 atom stereocenters. The van der Waals surface area contributed by atoms with Crippen molar-refractivity contribution in [3.8, 4) is 5.88 Å². The van der Waals surface area contributed by atoms with E-state index >= 15 is 0 Å². The molecule has 1 aromatic heterocycles. The largest absolute Gasteiger partial charge is 0.481 e. The number of carbonyl (C=O) groups excluding carboxylic acids is 1. The number of halogens is 1. The molecule has 2 N–H and O–H groups in total. The van der Waals surface area contributed by atoms with E-state index < -0.39 is 0 Å². The molecule has 1 heterocycles. The first kappa shape index (κ1) is 13.2. The van der Waals surface area contributed by atoms with E-state index in [1.807, 2.05) is 30.3 Å². The predicted octanol–water partition coefficient (Wildman–Crippen LogP) is 2.50. The number of amides is 1. The number of para-hydroxylation sites is 1. The zero-order valence-electron chi connectivity index (χ0n) is 10.2. The smallest absolute Gasteiger partial charge is 0.269 e. The summed E-state index contributed by atoms with van der Waals surface area (Å²) in [6, 6.07) is 12.3. The highest BCUT2D eigenvalue weighted by molar-refractivity contribution is 6.29. The lowest BCUT2D eigenvalue weighted by Crippen LogP contribution is -2.29. The fourth-order valence-corrected chi connectivity index (χ4v) is 1.63. The molecule has 0 aliphatic rings. The number of rotatable bonds is 4. The molecule has 2 rings (SSSR count). The maximum atomic E-state index is 11.9. The summed E-state index contributed by atoms with van der Waals surface area (Å²) in [6.07, 6.45) is 0. The predicted molar refractivity (Wildman–Crippen MR) is 73.3 cm³/mol. The molecule has 0 radical (unpaired) electrons. The van der Waals surface area contributed by atoms with Crippen molar-refractivity contribution in [1.29, 1.82) is 0 Å². The fraction of sp³-hybridized carbons (Fsp3) is 0.0769. The second-order valence-electron chi connectivity index (χ2n) is 3.67. The Kier molecular flexibility index (Phi) is 4.20. The first-order valence-electron chi connectivity index (χ1n) is 5.52. The number of anilines is 1. The Bertz CT molecular complexity index is 575. The van der Waals surface area contributed by atoms with Crippen LogP contribution in [0, 0.1) is 0 Å². The van der Waals surface area contributed by atoms with E-state index in [4.69, 9.17) is 16.3 Å². The fourth-order valence-electron chi connectivity index (χ4n) is 1.43. The first-order chi connectivity index (χ1) is 9.19. The SMILES string of the molecule is COc1cc(C(=O)NNc2ccccc2)cc(Cl)n1. The summed E-state index contributed by atoms with van der Waals surface area (Å²) in [7, 11) is 1.46. The van der Waals surface area contributed by atoms with E-state index in [1.165, 1.54) is 19.2 Å². The van der Waals surface area contributed by atoms with Gasteiger partial charge in [0.05, 0.1) is 12.8 Å². The van der Waals surface area contributed by atoms with Crippen molar-refractivity contribution in [2.75, 3.05) is 12.5 Å². The van der Waals surface area contributed by atoms with Gasteiger partial charge in [0.15, 0.2) is 0 Å². The monoisotopic (exact) mass is 277 g/mol. The molecule has 0 aliphatic carbocycles. The van der Waals surface area contributed by atoms with Gasteiger partial charge in [0.1, 0.15) is 5.15 Å². The van der Waals surface area contributed by atoms with Gasteiger partial charge in [-0.05, 0) is 18.2 Å². The van der Waals surface area contributed by atoms with Crippen LogP contribution in [0.3, 0.4) is 0 Å². The van der Waals surface area contributed by atoms with Gasteiger partial charge >= 0.3 is 0 Å². The summed E-state index contributed by atoms with van der Waals surface area (Å²) in [5.74, 6) is -0.0381. The summed E-state index contributed by atoms with van der Waals surface area (Å²) in [5, 5.41) is 0.198. The van der Waals surface area contributed by atoms with Gasteiger partial charge in [-0.15, -0.1) is 0 Å². The number of nitrogens with zero attached hydrogens (tertiary/aromatic N) is 1. The highest BCUT2D eigenvalue weighted by atomic mass is 35.5. The highest BCUT2D eigenvalue weighted by Crippen LogP contribution is 2.16. The number of methoxy groups -OCH3 is 1. The molecule has 0 saturated carbocycles. The zero-order valence-corrected chi connectivity index (χ0v) is 10.9. The van der Waals surface area contributed by atoms with Crippen molar-refractivity contribution in [2.24, 2.45) is 0 Å². The lowest BCUT2D eigenvalue weighted by molar-refractivity contribution is 0.0962. The minimum absolute atomic E-state index is 0.198. The third kappa shape index (κ3) is 3.59. The van der Waals surface area contributed by atoms with Gasteiger partial charge in [0.25, 0.3) is 5.91 Å². The van der Waals surface area contributed by atoms with Crippen molar-refractivity contribution in [3.63, 3.8) is 0 Å². The van der Waals surface area contributed by atoms with Crippen molar-refractivity contribution in [3.05, 3.63) is 53.2 Å². The van der Waals surface area contributed by atoms with Crippen LogP contribution in [-0.4, -0.2) is 18.0 Å². The highest BCUT2D eigenvalue weighted by Gasteiger charge is 2.09. The second-order valence-corrected chi connectivity index (χ2v) is 4.05. The van der Waals surface area contributed by atoms with E-state index in [1.54, 1.807) is 0 Å². The second kappa shape index (κ2) is 6.06. The third-order valence-corrected chi connectivity index (χ3v) is 2.53. The number of hydrogen-bond acceptors (Lipinski definition) is 4. The summed E-state index contributed by atoms with van der Waals surface area (Å²) in [6.45, 7) is 0. The normalized spacial score (nSPS) is 9.79. The minimum atomic E-state index is -0.327. The van der Waals surface area contributed by atoms with Crippen LogP contribution in [0.2, 0.25) is 5.15 Å². The molecular weight excluding hydrogens is 266 g/mol. The molecule has 0 aliphatic heterocycles. The Labute approximate surface area is 115 Å². The molecule has 0 spiro atoms. The van der Waals surface area contributed by atoms with Gasteiger partial charge in [0, 0.05) is 11.6 Å². The van der Waals surface area contributed by atoms with Crippen molar-refractivity contribution in [1.82, 2.24) is 10.4 Å². The Morgan fingerprint density at radius 1 is 1.26 bits per heavy atom. The molecule has 0 bridgehead atoms. The summed E-state index contributed by atoms with van der Waals surface area (Å²) >= 11 is 5.80. The standard InChI is InChI=1S/C13H12ClN3O2/c1-19-12-8-9(7-11(14)15-12)13(18)17-16-10-5-3-2-4-6-10/h2-8,16H,1H3,(H,17,18). The number of hydrazine groups is 1. The first-order valence-corrected chi connectivity index (χ1v) is 5.90. The van der Waals surface area contributed by atoms with Gasteiger partial charge in [-0.25, -0.2) is 4.98 Å². The van der Waals surface area contributed by atoms with Crippen molar-refractivity contribution < 1.29 is 9.53 Å². The van der Waals surface area contributed by atoms with Crippen LogP contribution in [-0.2, 0) is 0 Å². The summed E-state index contributed by atoms with van der Waals surface area (Å²) in [5.41, 5.74) is 6.50. The van der Waals surface area contributed by atoms with Crippen molar-refractivity contribution in [2.45, 2.75) is 0 Å². The Hall–Kier alpha value is -2.27. The molecule has 6 heteroatoms. The van der Waals surface area contributed by atoms with Crippen LogP contribution >= 0.6 is 11.6 Å². The van der Waals surface area contributed by atoms with Crippen LogP contribution in [0.25, 0.3) is 0 Å². The van der Waals surface area contributed by atoms with E-state index in [9.17, 15) is 4.79 Å². The van der Waals surface area contributed by atoms with Crippen LogP contribution in [0.1, 0.15) is 10.4 Å². The van der Waals surface area contributed by atoms with Crippen LogP contribution < -0.4 is 15.6 Å². The van der Waals surface area contributed by atoms with Crippen LogP contribution in [0.15, 0.2) is 42.5 Å². The van der Waals surface area contributed by atoms with Gasteiger partial charge in [-0.3, -0.25) is 15.6 Å². The van der Waals surface area contributed by atoms with E-state index in [-0.39, 0.29) is 16.9 Å². The number of benzene rings is 1. The average molecular weight is 278 g/mol. The van der Waals surface area contributed by atoms with Gasteiger partial charge in [0.2, 0.25) is 5.88 Å². The maximum Gasteiger partial charge on any atom is 0.269 e. The zero-order chi connectivity index (χ0) is 13.7. The molecule has 0 fully saturated rings. The minimum Gasteiger partial charge on any atom is -0.481 e. The summed E-state index contributed by atoms with van der Waals surface area (Å²) in [4.78, 5) is 15.8. The lowest BCUT2D eigenvalue weighted by Gasteiger charge is -2.09. The molecule has 19 heavy (non-hydrogen) atoms. The average Bonchev–Trinajstić information content (AvgIpc) is 2.45. The summed E-state index contributed by atoms with van der Waals surface area (Å²) < 4.78 is 4.95. The molecule has 98 valence electrons. The van der Waals surface area contributed by atoms with Crippen molar-refractivity contribution >= 4 is 23.2 Å². The van der Waals surface area contributed by atoms with Gasteiger partial charge in [-0.1, -0.05) is 29.8 Å². The van der Waals surface area contributed by atoms with Crippen LogP contribution in [0.5, 0.6) is 5.88 Å². The molecule has 1 amide bonds. The Morgan fingerprint density at radius 2 is 2.00 bits per heavy atom. The molecule has 0 saturated heterocycles. The molecule has 5 nitrogen and oxygen atoms in total. The molecule has 2 aromatic rings.